The third kappa shape index (κ3) is 3.42. The van der Waals surface area contributed by atoms with Gasteiger partial charge in [0.1, 0.15) is 5.54 Å². The van der Waals surface area contributed by atoms with E-state index in [1.807, 2.05) is 0 Å². The van der Waals surface area contributed by atoms with Crippen molar-refractivity contribution >= 4 is 17.8 Å². The predicted molar refractivity (Wildman–Crippen MR) is 81.1 cm³/mol. The number of aliphatic carboxylic acids is 1. The molecule has 1 unspecified atom stereocenters. The van der Waals surface area contributed by atoms with E-state index in [9.17, 15) is 19.5 Å². The Balaban J connectivity index is 2.01. The SMILES string of the molecule is CCC1CCC(NC(=O)C2CCN(C)C(=O)C2)(C(=O)O)CC1. The van der Waals surface area contributed by atoms with Crippen molar-refractivity contribution in [2.45, 2.75) is 57.4 Å². The minimum absolute atomic E-state index is 0.0505. The molecular weight excluding hydrogens is 284 g/mol. The second-order valence-corrected chi connectivity index (χ2v) is 6.73. The summed E-state index contributed by atoms with van der Waals surface area (Å²) in [5.41, 5.74) is -1.14. The second kappa shape index (κ2) is 6.67. The van der Waals surface area contributed by atoms with Gasteiger partial charge in [0.2, 0.25) is 11.8 Å². The van der Waals surface area contributed by atoms with E-state index >= 15 is 0 Å². The molecule has 1 aliphatic heterocycles. The molecule has 0 radical (unpaired) electrons. The zero-order chi connectivity index (χ0) is 16.3. The Morgan fingerprint density at radius 3 is 2.45 bits per heavy atom. The van der Waals surface area contributed by atoms with Crippen molar-refractivity contribution in [1.29, 1.82) is 0 Å². The fourth-order valence-corrected chi connectivity index (χ4v) is 3.48. The lowest BCUT2D eigenvalue weighted by atomic mass is 9.75. The number of hydrogen-bond donors (Lipinski definition) is 2. The number of amides is 2. The third-order valence-electron chi connectivity index (χ3n) is 5.34. The number of carbonyl (C=O) groups excluding carboxylic acids is 2. The summed E-state index contributed by atoms with van der Waals surface area (Å²) < 4.78 is 0. The van der Waals surface area contributed by atoms with Crippen LogP contribution in [0.3, 0.4) is 0 Å². The zero-order valence-electron chi connectivity index (χ0n) is 13.4. The minimum atomic E-state index is -1.14. The number of carboxylic acids is 1. The summed E-state index contributed by atoms with van der Waals surface area (Å²) in [6.07, 6.45) is 4.44. The molecule has 2 fully saturated rings. The summed E-state index contributed by atoms with van der Waals surface area (Å²) in [5, 5.41) is 12.4. The van der Waals surface area contributed by atoms with Gasteiger partial charge in [-0.15, -0.1) is 0 Å². The standard InChI is InChI=1S/C16H26N2O4/c1-3-11-4-7-16(8-5-11,15(21)22)17-14(20)12-6-9-18(2)13(19)10-12/h11-12H,3-10H2,1-2H3,(H,17,20)(H,21,22). The van der Waals surface area contributed by atoms with Gasteiger partial charge in [-0.25, -0.2) is 4.79 Å². The Kier molecular flexibility index (Phi) is 5.08. The maximum atomic E-state index is 12.4. The van der Waals surface area contributed by atoms with E-state index in [0.29, 0.717) is 31.7 Å². The molecule has 0 spiro atoms. The van der Waals surface area contributed by atoms with Crippen molar-refractivity contribution in [3.05, 3.63) is 0 Å². The summed E-state index contributed by atoms with van der Waals surface area (Å²) in [5.74, 6) is -1.13. The van der Waals surface area contributed by atoms with Gasteiger partial charge >= 0.3 is 5.97 Å². The van der Waals surface area contributed by atoms with Gasteiger partial charge in [-0.3, -0.25) is 9.59 Å². The predicted octanol–water partition coefficient (Wildman–Crippen LogP) is 1.39. The Hall–Kier alpha value is -1.59. The van der Waals surface area contributed by atoms with Crippen molar-refractivity contribution < 1.29 is 19.5 Å². The number of nitrogens with one attached hydrogen (secondary N) is 1. The maximum absolute atomic E-state index is 12.4. The average molecular weight is 310 g/mol. The first kappa shape index (κ1) is 16.8. The highest BCUT2D eigenvalue weighted by atomic mass is 16.4. The number of piperidine rings is 1. The van der Waals surface area contributed by atoms with E-state index in [2.05, 4.69) is 12.2 Å². The summed E-state index contributed by atoms with van der Waals surface area (Å²) in [6.45, 7) is 2.66. The lowest BCUT2D eigenvalue weighted by Gasteiger charge is -2.38. The number of nitrogens with zero attached hydrogens (tertiary/aromatic N) is 1. The molecule has 1 saturated carbocycles. The lowest BCUT2D eigenvalue weighted by Crippen LogP contribution is -2.58. The van der Waals surface area contributed by atoms with Crippen molar-refractivity contribution in [1.82, 2.24) is 10.2 Å². The van der Waals surface area contributed by atoms with E-state index in [0.717, 1.165) is 19.3 Å². The molecule has 6 heteroatoms. The fourth-order valence-electron chi connectivity index (χ4n) is 3.48. The van der Waals surface area contributed by atoms with Gasteiger partial charge in [0, 0.05) is 25.9 Å². The minimum Gasteiger partial charge on any atom is -0.480 e. The van der Waals surface area contributed by atoms with Crippen molar-refractivity contribution in [3.63, 3.8) is 0 Å². The molecule has 124 valence electrons. The quantitative estimate of drug-likeness (QED) is 0.821. The van der Waals surface area contributed by atoms with Gasteiger partial charge in [-0.1, -0.05) is 13.3 Å². The van der Waals surface area contributed by atoms with Crippen molar-refractivity contribution in [2.24, 2.45) is 11.8 Å². The Labute approximate surface area is 131 Å². The van der Waals surface area contributed by atoms with Crippen LogP contribution in [0, 0.1) is 11.8 Å². The normalized spacial score (nSPS) is 32.6. The largest absolute Gasteiger partial charge is 0.480 e. The van der Waals surface area contributed by atoms with E-state index in [1.165, 1.54) is 0 Å². The topological polar surface area (TPSA) is 86.7 Å². The molecule has 2 N–H and O–H groups in total. The van der Waals surface area contributed by atoms with Gasteiger partial charge in [0.05, 0.1) is 0 Å². The maximum Gasteiger partial charge on any atom is 0.329 e. The molecule has 2 rings (SSSR count). The van der Waals surface area contributed by atoms with Crippen LogP contribution in [0.25, 0.3) is 0 Å². The molecule has 1 aliphatic carbocycles. The molecule has 22 heavy (non-hydrogen) atoms. The molecule has 0 bridgehead atoms. The average Bonchev–Trinajstić information content (AvgIpc) is 2.50. The van der Waals surface area contributed by atoms with E-state index in [4.69, 9.17) is 0 Å². The molecule has 2 amide bonds. The molecule has 0 aromatic rings. The van der Waals surface area contributed by atoms with Crippen LogP contribution in [0.15, 0.2) is 0 Å². The number of carbonyl (C=O) groups is 3. The van der Waals surface area contributed by atoms with Crippen LogP contribution in [0.2, 0.25) is 0 Å². The Bertz CT molecular complexity index is 455. The van der Waals surface area contributed by atoms with Gasteiger partial charge < -0.3 is 15.3 Å². The van der Waals surface area contributed by atoms with Crippen molar-refractivity contribution in [2.75, 3.05) is 13.6 Å². The van der Waals surface area contributed by atoms with Gasteiger partial charge in [-0.05, 0) is 38.0 Å². The highest BCUT2D eigenvalue weighted by Gasteiger charge is 2.44. The van der Waals surface area contributed by atoms with Crippen LogP contribution >= 0.6 is 0 Å². The lowest BCUT2D eigenvalue weighted by molar-refractivity contribution is -0.151. The first-order valence-corrected chi connectivity index (χ1v) is 8.17. The van der Waals surface area contributed by atoms with E-state index in [1.54, 1.807) is 11.9 Å². The number of hydrogen-bond acceptors (Lipinski definition) is 3. The fraction of sp³-hybridized carbons (Fsp3) is 0.812. The summed E-state index contributed by atoms with van der Waals surface area (Å²) >= 11 is 0. The number of rotatable bonds is 4. The number of carboxylic acid groups (broad SMARTS) is 1. The molecule has 1 saturated heterocycles. The molecule has 0 aromatic heterocycles. The molecule has 0 aromatic carbocycles. The Morgan fingerprint density at radius 2 is 1.95 bits per heavy atom. The third-order valence-corrected chi connectivity index (χ3v) is 5.34. The van der Waals surface area contributed by atoms with E-state index < -0.39 is 17.4 Å². The van der Waals surface area contributed by atoms with Gasteiger partial charge in [0.25, 0.3) is 0 Å². The summed E-state index contributed by atoms with van der Waals surface area (Å²) in [7, 11) is 1.72. The van der Waals surface area contributed by atoms with Gasteiger partial charge in [-0.2, -0.15) is 0 Å². The van der Waals surface area contributed by atoms with Crippen LogP contribution in [0.5, 0.6) is 0 Å². The second-order valence-electron chi connectivity index (χ2n) is 6.73. The first-order valence-electron chi connectivity index (χ1n) is 8.17. The Morgan fingerprint density at radius 1 is 1.32 bits per heavy atom. The molecule has 1 atom stereocenters. The summed E-state index contributed by atoms with van der Waals surface area (Å²) in [4.78, 5) is 37.5. The van der Waals surface area contributed by atoms with E-state index in [-0.39, 0.29) is 18.2 Å². The molecular formula is C16H26N2O4. The smallest absolute Gasteiger partial charge is 0.329 e. The van der Waals surface area contributed by atoms with Crippen LogP contribution < -0.4 is 5.32 Å². The number of likely N-dealkylation sites (tertiary alicyclic amines) is 1. The zero-order valence-corrected chi connectivity index (χ0v) is 13.4. The summed E-state index contributed by atoms with van der Waals surface area (Å²) in [6, 6.07) is 0. The highest BCUT2D eigenvalue weighted by molar-refractivity contribution is 5.91. The van der Waals surface area contributed by atoms with Crippen molar-refractivity contribution in [3.8, 4) is 0 Å². The van der Waals surface area contributed by atoms with Crippen LogP contribution in [-0.2, 0) is 14.4 Å². The molecule has 1 heterocycles. The van der Waals surface area contributed by atoms with Gasteiger partial charge in [0.15, 0.2) is 0 Å². The molecule has 2 aliphatic rings. The van der Waals surface area contributed by atoms with Crippen LogP contribution in [-0.4, -0.2) is 46.9 Å². The van der Waals surface area contributed by atoms with Crippen LogP contribution in [0.4, 0.5) is 0 Å². The van der Waals surface area contributed by atoms with Crippen LogP contribution in [0.1, 0.15) is 51.9 Å². The molecule has 6 nitrogen and oxygen atoms in total. The highest BCUT2D eigenvalue weighted by Crippen LogP contribution is 2.34. The first-order chi connectivity index (χ1) is 10.4. The monoisotopic (exact) mass is 310 g/mol.